The van der Waals surface area contributed by atoms with Crippen LogP contribution >= 0.6 is 0 Å². The summed E-state index contributed by atoms with van der Waals surface area (Å²) in [6.45, 7) is 6.66. The molecule has 110 valence electrons. The van der Waals surface area contributed by atoms with Gasteiger partial charge in [0.05, 0.1) is 0 Å². The molecule has 0 amide bonds. The Labute approximate surface area is 127 Å². The van der Waals surface area contributed by atoms with Crippen molar-refractivity contribution < 1.29 is 4.79 Å². The monoisotopic (exact) mass is 280 g/mol. The summed E-state index contributed by atoms with van der Waals surface area (Å²) in [5.74, 6) is 1.17. The van der Waals surface area contributed by atoms with Gasteiger partial charge in [0.25, 0.3) is 0 Å². The number of rotatable bonds is 2. The van der Waals surface area contributed by atoms with Crippen molar-refractivity contribution >= 4 is 16.6 Å². The van der Waals surface area contributed by atoms with Gasteiger partial charge in [-0.15, -0.1) is 0 Å². The van der Waals surface area contributed by atoms with Gasteiger partial charge in [-0.05, 0) is 40.5 Å². The van der Waals surface area contributed by atoms with E-state index < -0.39 is 0 Å². The molecule has 0 saturated heterocycles. The Morgan fingerprint density at radius 2 is 1.71 bits per heavy atom. The minimum Gasteiger partial charge on any atom is -0.299 e. The highest BCUT2D eigenvalue weighted by molar-refractivity contribution is 5.85. The standard InChI is InChI=1S/C20H24O/c1-14-8-11-18(19(21)12-14)20(2,3)17-10-9-15-6-4-5-7-16(15)13-17/h4-7,9-10,13-14,18H,8,11-12H2,1-3H3. The average molecular weight is 280 g/mol. The maximum atomic E-state index is 12.5. The van der Waals surface area contributed by atoms with Gasteiger partial charge < -0.3 is 0 Å². The van der Waals surface area contributed by atoms with Crippen LogP contribution in [0, 0.1) is 11.8 Å². The number of ketones is 1. The number of carbonyl (C=O) groups excluding carboxylic acids is 1. The van der Waals surface area contributed by atoms with Gasteiger partial charge in [0.1, 0.15) is 5.78 Å². The van der Waals surface area contributed by atoms with Crippen molar-refractivity contribution in [2.24, 2.45) is 11.8 Å². The number of carbonyl (C=O) groups is 1. The molecule has 3 rings (SSSR count). The van der Waals surface area contributed by atoms with Crippen LogP contribution in [0.15, 0.2) is 42.5 Å². The number of benzene rings is 2. The van der Waals surface area contributed by atoms with E-state index in [4.69, 9.17) is 0 Å². The average Bonchev–Trinajstić information content (AvgIpc) is 2.46. The molecule has 2 aromatic carbocycles. The zero-order valence-electron chi connectivity index (χ0n) is 13.2. The molecule has 0 aliphatic heterocycles. The van der Waals surface area contributed by atoms with Crippen LogP contribution < -0.4 is 0 Å². The second kappa shape index (κ2) is 5.29. The molecular weight excluding hydrogens is 256 g/mol. The molecule has 0 N–H and O–H groups in total. The predicted octanol–water partition coefficient (Wildman–Crippen LogP) is 5.12. The maximum absolute atomic E-state index is 12.5. The van der Waals surface area contributed by atoms with Crippen LogP contribution in [0.3, 0.4) is 0 Å². The van der Waals surface area contributed by atoms with Gasteiger partial charge in [-0.25, -0.2) is 0 Å². The topological polar surface area (TPSA) is 17.1 Å². The number of fused-ring (bicyclic) bond motifs is 1. The fourth-order valence-corrected chi connectivity index (χ4v) is 3.75. The molecule has 2 atom stereocenters. The minimum atomic E-state index is -0.0821. The van der Waals surface area contributed by atoms with E-state index in [1.807, 2.05) is 0 Å². The van der Waals surface area contributed by atoms with Gasteiger partial charge in [0.15, 0.2) is 0 Å². The van der Waals surface area contributed by atoms with E-state index in [9.17, 15) is 4.79 Å². The second-order valence-electron chi connectivity index (χ2n) is 7.19. The third kappa shape index (κ3) is 2.62. The Bertz CT molecular complexity index is 668. The first-order valence-corrected chi connectivity index (χ1v) is 8.00. The van der Waals surface area contributed by atoms with E-state index in [1.165, 1.54) is 22.8 Å². The van der Waals surface area contributed by atoms with Gasteiger partial charge in [-0.2, -0.15) is 0 Å². The highest BCUT2D eigenvalue weighted by atomic mass is 16.1. The van der Waals surface area contributed by atoms with Crippen LogP contribution in [0.5, 0.6) is 0 Å². The molecule has 2 unspecified atom stereocenters. The molecule has 1 aliphatic carbocycles. The zero-order valence-corrected chi connectivity index (χ0v) is 13.2. The third-order valence-electron chi connectivity index (χ3n) is 5.25. The molecule has 0 spiro atoms. The van der Waals surface area contributed by atoms with Crippen LogP contribution in [0.25, 0.3) is 10.8 Å². The van der Waals surface area contributed by atoms with Gasteiger partial charge in [0.2, 0.25) is 0 Å². The van der Waals surface area contributed by atoms with Crippen molar-refractivity contribution in [3.8, 4) is 0 Å². The molecule has 0 bridgehead atoms. The van der Waals surface area contributed by atoms with Gasteiger partial charge in [0, 0.05) is 12.3 Å². The van der Waals surface area contributed by atoms with Crippen LogP contribution in [0.1, 0.15) is 45.6 Å². The van der Waals surface area contributed by atoms with E-state index in [-0.39, 0.29) is 11.3 Å². The molecule has 1 saturated carbocycles. The van der Waals surface area contributed by atoms with Crippen molar-refractivity contribution in [1.29, 1.82) is 0 Å². The largest absolute Gasteiger partial charge is 0.299 e. The Morgan fingerprint density at radius 3 is 2.43 bits per heavy atom. The Morgan fingerprint density at radius 1 is 1.00 bits per heavy atom. The summed E-state index contributed by atoms with van der Waals surface area (Å²) in [7, 11) is 0. The molecule has 0 aromatic heterocycles. The van der Waals surface area contributed by atoms with Crippen molar-refractivity contribution in [3.05, 3.63) is 48.0 Å². The molecule has 2 aromatic rings. The SMILES string of the molecule is CC1CCC(C(C)(C)c2ccc3ccccc3c2)C(=O)C1. The smallest absolute Gasteiger partial charge is 0.137 e. The van der Waals surface area contributed by atoms with E-state index in [2.05, 4.69) is 63.2 Å². The summed E-state index contributed by atoms with van der Waals surface area (Å²) in [6, 6.07) is 15.1. The quantitative estimate of drug-likeness (QED) is 0.746. The molecule has 1 fully saturated rings. The van der Waals surface area contributed by atoms with Crippen LogP contribution in [0.4, 0.5) is 0 Å². The predicted molar refractivity (Wildman–Crippen MR) is 88.5 cm³/mol. The Kier molecular flexibility index (Phi) is 3.61. The zero-order chi connectivity index (χ0) is 15.0. The normalized spacial score (nSPS) is 23.5. The summed E-state index contributed by atoms with van der Waals surface area (Å²) in [4.78, 5) is 12.5. The van der Waals surface area contributed by atoms with Crippen molar-refractivity contribution in [2.75, 3.05) is 0 Å². The molecular formula is C20H24O. The highest BCUT2D eigenvalue weighted by Crippen LogP contribution is 2.41. The number of Topliss-reactive ketones (excluding diaryl/α,β-unsaturated/α-hetero) is 1. The lowest BCUT2D eigenvalue weighted by Gasteiger charge is -2.38. The van der Waals surface area contributed by atoms with Crippen molar-refractivity contribution in [1.82, 2.24) is 0 Å². The first kappa shape index (κ1) is 14.3. The summed E-state index contributed by atoms with van der Waals surface area (Å²) < 4.78 is 0. The van der Waals surface area contributed by atoms with E-state index in [1.54, 1.807) is 0 Å². The lowest BCUT2D eigenvalue weighted by atomic mass is 9.65. The maximum Gasteiger partial charge on any atom is 0.137 e. The molecule has 1 nitrogen and oxygen atoms in total. The first-order chi connectivity index (χ1) is 9.98. The lowest BCUT2D eigenvalue weighted by molar-refractivity contribution is -0.128. The lowest BCUT2D eigenvalue weighted by Crippen LogP contribution is -2.38. The summed E-state index contributed by atoms with van der Waals surface area (Å²) in [5, 5.41) is 2.53. The summed E-state index contributed by atoms with van der Waals surface area (Å²) in [5.41, 5.74) is 1.20. The van der Waals surface area contributed by atoms with E-state index >= 15 is 0 Å². The molecule has 0 heterocycles. The fourth-order valence-electron chi connectivity index (χ4n) is 3.75. The third-order valence-corrected chi connectivity index (χ3v) is 5.25. The Hall–Kier alpha value is -1.63. The second-order valence-corrected chi connectivity index (χ2v) is 7.19. The Balaban J connectivity index is 1.97. The molecule has 21 heavy (non-hydrogen) atoms. The summed E-state index contributed by atoms with van der Waals surface area (Å²) >= 11 is 0. The fraction of sp³-hybridized carbons (Fsp3) is 0.450. The first-order valence-electron chi connectivity index (χ1n) is 8.00. The van der Waals surface area contributed by atoms with E-state index in [0.717, 1.165) is 12.8 Å². The van der Waals surface area contributed by atoms with Crippen molar-refractivity contribution in [3.63, 3.8) is 0 Å². The molecule has 1 heteroatoms. The number of hydrogen-bond acceptors (Lipinski definition) is 1. The van der Waals surface area contributed by atoms with E-state index in [0.29, 0.717) is 11.7 Å². The minimum absolute atomic E-state index is 0.0821. The van der Waals surface area contributed by atoms with Gasteiger partial charge in [-0.1, -0.05) is 63.2 Å². The van der Waals surface area contributed by atoms with Crippen molar-refractivity contribution in [2.45, 2.75) is 45.4 Å². The highest BCUT2D eigenvalue weighted by Gasteiger charge is 2.39. The number of hydrogen-bond donors (Lipinski definition) is 0. The van der Waals surface area contributed by atoms with Gasteiger partial charge >= 0.3 is 0 Å². The van der Waals surface area contributed by atoms with Crippen LogP contribution in [0.2, 0.25) is 0 Å². The van der Waals surface area contributed by atoms with Crippen LogP contribution in [-0.2, 0) is 10.2 Å². The summed E-state index contributed by atoms with van der Waals surface area (Å²) in [6.07, 6.45) is 2.95. The van der Waals surface area contributed by atoms with Crippen LogP contribution in [-0.4, -0.2) is 5.78 Å². The van der Waals surface area contributed by atoms with Gasteiger partial charge in [-0.3, -0.25) is 4.79 Å². The molecule has 1 aliphatic rings. The molecule has 0 radical (unpaired) electrons.